The SMILES string of the molecule is CC(C)c1ccccc1NCC1CCC=CO1. The van der Waals surface area contributed by atoms with E-state index in [0.29, 0.717) is 12.0 Å². The third kappa shape index (κ3) is 3.26. The van der Waals surface area contributed by atoms with Crippen LogP contribution < -0.4 is 5.32 Å². The first-order valence-electron chi connectivity index (χ1n) is 6.40. The molecule has 1 aromatic rings. The second-order valence-corrected chi connectivity index (χ2v) is 4.83. The molecule has 0 bridgehead atoms. The third-order valence-corrected chi connectivity index (χ3v) is 3.13. The van der Waals surface area contributed by atoms with Crippen molar-refractivity contribution in [2.24, 2.45) is 0 Å². The van der Waals surface area contributed by atoms with Crippen molar-refractivity contribution in [3.8, 4) is 0 Å². The number of benzene rings is 1. The number of rotatable bonds is 4. The summed E-state index contributed by atoms with van der Waals surface area (Å²) in [5.41, 5.74) is 2.61. The largest absolute Gasteiger partial charge is 0.497 e. The van der Waals surface area contributed by atoms with E-state index in [-0.39, 0.29) is 0 Å². The van der Waals surface area contributed by atoms with Crippen LogP contribution in [0.5, 0.6) is 0 Å². The summed E-state index contributed by atoms with van der Waals surface area (Å²) in [7, 11) is 0. The van der Waals surface area contributed by atoms with E-state index in [1.807, 2.05) is 6.26 Å². The lowest BCUT2D eigenvalue weighted by Crippen LogP contribution is -2.23. The Labute approximate surface area is 104 Å². The van der Waals surface area contributed by atoms with Crippen molar-refractivity contribution < 1.29 is 4.74 Å². The molecule has 1 aliphatic rings. The number of anilines is 1. The van der Waals surface area contributed by atoms with Crippen molar-refractivity contribution in [1.29, 1.82) is 0 Å². The quantitative estimate of drug-likeness (QED) is 0.848. The number of ether oxygens (including phenoxy) is 1. The van der Waals surface area contributed by atoms with Crippen molar-refractivity contribution in [3.63, 3.8) is 0 Å². The van der Waals surface area contributed by atoms with Gasteiger partial charge in [0.15, 0.2) is 0 Å². The van der Waals surface area contributed by atoms with Gasteiger partial charge < -0.3 is 10.1 Å². The Morgan fingerprint density at radius 3 is 2.88 bits per heavy atom. The van der Waals surface area contributed by atoms with Gasteiger partial charge in [-0.2, -0.15) is 0 Å². The Hall–Kier alpha value is -1.44. The van der Waals surface area contributed by atoms with Crippen molar-refractivity contribution >= 4 is 5.69 Å². The third-order valence-electron chi connectivity index (χ3n) is 3.13. The van der Waals surface area contributed by atoms with Crippen LogP contribution in [0.3, 0.4) is 0 Å². The fraction of sp³-hybridized carbons (Fsp3) is 0.467. The highest BCUT2D eigenvalue weighted by atomic mass is 16.5. The molecule has 17 heavy (non-hydrogen) atoms. The zero-order valence-electron chi connectivity index (χ0n) is 10.6. The van der Waals surface area contributed by atoms with Crippen LogP contribution in [0.4, 0.5) is 5.69 Å². The van der Waals surface area contributed by atoms with E-state index in [1.54, 1.807) is 0 Å². The van der Waals surface area contributed by atoms with E-state index < -0.39 is 0 Å². The molecule has 1 atom stereocenters. The zero-order valence-corrected chi connectivity index (χ0v) is 10.6. The first kappa shape index (κ1) is 12.0. The van der Waals surface area contributed by atoms with Gasteiger partial charge in [0.05, 0.1) is 12.8 Å². The summed E-state index contributed by atoms with van der Waals surface area (Å²) in [6, 6.07) is 8.51. The molecule has 1 heterocycles. The average Bonchev–Trinajstić information content (AvgIpc) is 2.38. The van der Waals surface area contributed by atoms with Crippen molar-refractivity contribution in [3.05, 3.63) is 42.2 Å². The summed E-state index contributed by atoms with van der Waals surface area (Å²) in [5, 5.41) is 3.51. The lowest BCUT2D eigenvalue weighted by atomic mass is 10.0. The number of allylic oxidation sites excluding steroid dienone is 1. The van der Waals surface area contributed by atoms with Crippen LogP contribution in [0, 0.1) is 0 Å². The van der Waals surface area contributed by atoms with E-state index in [9.17, 15) is 0 Å². The van der Waals surface area contributed by atoms with Crippen molar-refractivity contribution in [1.82, 2.24) is 0 Å². The first-order chi connectivity index (χ1) is 8.27. The summed E-state index contributed by atoms with van der Waals surface area (Å²) in [6.45, 7) is 5.33. The molecular formula is C15H21NO. The molecule has 2 heteroatoms. The number of hydrogen-bond donors (Lipinski definition) is 1. The van der Waals surface area contributed by atoms with Crippen molar-refractivity contribution in [2.75, 3.05) is 11.9 Å². The molecule has 1 N–H and O–H groups in total. The van der Waals surface area contributed by atoms with Gasteiger partial charge in [0.1, 0.15) is 6.10 Å². The van der Waals surface area contributed by atoms with Gasteiger partial charge in [0, 0.05) is 5.69 Å². The molecule has 0 aromatic heterocycles. The van der Waals surface area contributed by atoms with E-state index in [0.717, 1.165) is 19.4 Å². The molecule has 1 aliphatic heterocycles. The fourth-order valence-electron chi connectivity index (χ4n) is 2.12. The minimum atomic E-state index is 0.306. The second-order valence-electron chi connectivity index (χ2n) is 4.83. The average molecular weight is 231 g/mol. The highest BCUT2D eigenvalue weighted by molar-refractivity contribution is 5.52. The standard InChI is InChI=1S/C15H21NO/c1-12(2)14-8-3-4-9-15(14)16-11-13-7-5-6-10-17-13/h3-4,6,8-10,12-13,16H,5,7,11H2,1-2H3. The molecule has 0 aliphatic carbocycles. The molecule has 0 saturated carbocycles. The van der Waals surface area contributed by atoms with E-state index in [1.165, 1.54) is 11.3 Å². The maximum atomic E-state index is 5.56. The minimum Gasteiger partial charge on any atom is -0.497 e. The van der Waals surface area contributed by atoms with E-state index >= 15 is 0 Å². The first-order valence-corrected chi connectivity index (χ1v) is 6.40. The van der Waals surface area contributed by atoms with Gasteiger partial charge in [-0.25, -0.2) is 0 Å². The molecule has 0 fully saturated rings. The van der Waals surface area contributed by atoms with Gasteiger partial charge in [-0.15, -0.1) is 0 Å². The molecule has 92 valence electrons. The topological polar surface area (TPSA) is 21.3 Å². The monoisotopic (exact) mass is 231 g/mol. The summed E-state index contributed by atoms with van der Waals surface area (Å²) in [4.78, 5) is 0. The van der Waals surface area contributed by atoms with Gasteiger partial charge in [-0.05, 0) is 36.5 Å². The molecule has 0 amide bonds. The van der Waals surface area contributed by atoms with E-state index in [4.69, 9.17) is 4.74 Å². The highest BCUT2D eigenvalue weighted by Gasteiger charge is 2.12. The summed E-state index contributed by atoms with van der Waals surface area (Å²) >= 11 is 0. The highest BCUT2D eigenvalue weighted by Crippen LogP contribution is 2.24. The molecule has 0 saturated heterocycles. The van der Waals surface area contributed by atoms with Crippen LogP contribution in [-0.2, 0) is 4.74 Å². The molecular weight excluding hydrogens is 210 g/mol. The van der Waals surface area contributed by atoms with Crippen molar-refractivity contribution in [2.45, 2.75) is 38.7 Å². The maximum absolute atomic E-state index is 5.56. The summed E-state index contributed by atoms with van der Waals surface area (Å²) in [6.07, 6.45) is 6.44. The van der Waals surface area contributed by atoms with Gasteiger partial charge in [-0.1, -0.05) is 32.0 Å². The predicted octanol–water partition coefficient (Wildman–Crippen LogP) is 3.91. The smallest absolute Gasteiger partial charge is 0.115 e. The predicted molar refractivity (Wildman–Crippen MR) is 72.3 cm³/mol. The minimum absolute atomic E-state index is 0.306. The van der Waals surface area contributed by atoms with Crippen LogP contribution in [0.15, 0.2) is 36.6 Å². The number of para-hydroxylation sites is 1. The Morgan fingerprint density at radius 1 is 1.35 bits per heavy atom. The second kappa shape index (κ2) is 5.76. The summed E-state index contributed by atoms with van der Waals surface area (Å²) in [5.74, 6) is 0.547. The number of nitrogens with one attached hydrogen (secondary N) is 1. The Balaban J connectivity index is 1.96. The molecule has 1 aromatic carbocycles. The molecule has 2 rings (SSSR count). The van der Waals surface area contributed by atoms with Crippen LogP contribution in [0.2, 0.25) is 0 Å². The van der Waals surface area contributed by atoms with Gasteiger partial charge in [0.2, 0.25) is 0 Å². The van der Waals surface area contributed by atoms with Crippen LogP contribution >= 0.6 is 0 Å². The van der Waals surface area contributed by atoms with Crippen LogP contribution in [-0.4, -0.2) is 12.6 Å². The normalized spacial score (nSPS) is 19.1. The lowest BCUT2D eigenvalue weighted by Gasteiger charge is -2.22. The van der Waals surface area contributed by atoms with Gasteiger partial charge in [-0.3, -0.25) is 0 Å². The Kier molecular flexibility index (Phi) is 4.08. The zero-order chi connectivity index (χ0) is 12.1. The lowest BCUT2D eigenvalue weighted by molar-refractivity contribution is 0.135. The van der Waals surface area contributed by atoms with E-state index in [2.05, 4.69) is 49.5 Å². The maximum Gasteiger partial charge on any atom is 0.115 e. The van der Waals surface area contributed by atoms with Gasteiger partial charge >= 0.3 is 0 Å². The molecule has 2 nitrogen and oxygen atoms in total. The molecule has 0 spiro atoms. The Morgan fingerprint density at radius 2 is 2.18 bits per heavy atom. The van der Waals surface area contributed by atoms with Crippen LogP contribution in [0.1, 0.15) is 38.2 Å². The Bertz CT molecular complexity index is 384. The fourth-order valence-corrected chi connectivity index (χ4v) is 2.12. The van der Waals surface area contributed by atoms with Crippen LogP contribution in [0.25, 0.3) is 0 Å². The number of hydrogen-bond acceptors (Lipinski definition) is 2. The molecule has 0 radical (unpaired) electrons. The van der Waals surface area contributed by atoms with Gasteiger partial charge in [0.25, 0.3) is 0 Å². The molecule has 1 unspecified atom stereocenters. The summed E-state index contributed by atoms with van der Waals surface area (Å²) < 4.78 is 5.56.